The summed E-state index contributed by atoms with van der Waals surface area (Å²) in [6, 6.07) is 11.2. The highest BCUT2D eigenvalue weighted by Crippen LogP contribution is 2.35. The van der Waals surface area contributed by atoms with Crippen molar-refractivity contribution in [1.82, 2.24) is 4.90 Å². The van der Waals surface area contributed by atoms with Crippen molar-refractivity contribution in [2.24, 2.45) is 5.92 Å². The average Bonchev–Trinajstić information content (AvgIpc) is 3.31. The monoisotopic (exact) mass is 289 g/mol. The van der Waals surface area contributed by atoms with E-state index < -0.39 is 0 Å². The molecule has 1 aromatic carbocycles. The van der Waals surface area contributed by atoms with E-state index in [1.54, 1.807) is 0 Å². The van der Waals surface area contributed by atoms with Gasteiger partial charge in [0.2, 0.25) is 0 Å². The van der Waals surface area contributed by atoms with E-state index >= 15 is 0 Å². The van der Waals surface area contributed by atoms with Crippen molar-refractivity contribution in [3.63, 3.8) is 0 Å². The fraction of sp³-hybridized carbons (Fsp3) is 0.611. The molecule has 3 heteroatoms. The summed E-state index contributed by atoms with van der Waals surface area (Å²) in [7, 11) is 0. The number of benzene rings is 1. The van der Waals surface area contributed by atoms with Gasteiger partial charge in [-0.25, -0.2) is 0 Å². The van der Waals surface area contributed by atoms with Gasteiger partial charge >= 0.3 is 5.97 Å². The van der Waals surface area contributed by atoms with Gasteiger partial charge in [-0.1, -0.05) is 30.3 Å². The minimum Gasteiger partial charge on any atom is -0.466 e. The Kier molecular flexibility index (Phi) is 6.24. The van der Waals surface area contributed by atoms with Crippen LogP contribution in [0.3, 0.4) is 0 Å². The molecule has 0 amide bonds. The summed E-state index contributed by atoms with van der Waals surface area (Å²) in [5.74, 6) is 0.771. The van der Waals surface area contributed by atoms with Crippen LogP contribution in [0.5, 0.6) is 0 Å². The van der Waals surface area contributed by atoms with Crippen LogP contribution >= 0.6 is 0 Å². The normalized spacial score (nSPS) is 16.0. The Hall–Kier alpha value is -1.35. The summed E-state index contributed by atoms with van der Waals surface area (Å²) in [5, 5.41) is 0. The van der Waals surface area contributed by atoms with Gasteiger partial charge in [0.15, 0.2) is 0 Å². The van der Waals surface area contributed by atoms with Gasteiger partial charge in [-0.3, -0.25) is 9.69 Å². The van der Waals surface area contributed by atoms with Crippen LogP contribution in [0.4, 0.5) is 0 Å². The van der Waals surface area contributed by atoms with E-state index in [2.05, 4.69) is 42.2 Å². The van der Waals surface area contributed by atoms with Gasteiger partial charge < -0.3 is 4.74 Å². The van der Waals surface area contributed by atoms with Crippen molar-refractivity contribution in [2.45, 2.75) is 52.1 Å². The third-order valence-electron chi connectivity index (χ3n) is 4.24. The highest BCUT2D eigenvalue weighted by molar-refractivity contribution is 5.69. The molecule has 0 radical (unpaired) electrons. The molecule has 0 N–H and O–H groups in total. The highest BCUT2D eigenvalue weighted by atomic mass is 16.5. The third-order valence-corrected chi connectivity index (χ3v) is 4.24. The van der Waals surface area contributed by atoms with Crippen LogP contribution < -0.4 is 0 Å². The summed E-state index contributed by atoms with van der Waals surface area (Å²) >= 11 is 0. The Morgan fingerprint density at radius 3 is 2.67 bits per heavy atom. The molecule has 1 saturated carbocycles. The van der Waals surface area contributed by atoms with E-state index in [0.29, 0.717) is 19.1 Å². The SMILES string of the molecule is CCOC(=O)CCCN(Cc1ccccc1)C(C)C1CC1. The molecule has 1 aromatic rings. The summed E-state index contributed by atoms with van der Waals surface area (Å²) in [5.41, 5.74) is 1.35. The first kappa shape index (κ1) is 16.0. The van der Waals surface area contributed by atoms with Gasteiger partial charge in [-0.15, -0.1) is 0 Å². The molecule has 0 saturated heterocycles. The molecule has 1 atom stereocenters. The molecule has 116 valence electrons. The van der Waals surface area contributed by atoms with Crippen LogP contribution in [0.15, 0.2) is 30.3 Å². The lowest BCUT2D eigenvalue weighted by Gasteiger charge is -2.29. The average molecular weight is 289 g/mol. The molecule has 1 aliphatic rings. The molecule has 0 spiro atoms. The molecule has 0 aliphatic heterocycles. The van der Waals surface area contributed by atoms with Crippen molar-refractivity contribution < 1.29 is 9.53 Å². The van der Waals surface area contributed by atoms with E-state index in [0.717, 1.165) is 25.4 Å². The molecule has 2 rings (SSSR count). The number of ether oxygens (including phenoxy) is 1. The van der Waals surface area contributed by atoms with Crippen LogP contribution in [0, 0.1) is 5.92 Å². The van der Waals surface area contributed by atoms with Crippen molar-refractivity contribution in [1.29, 1.82) is 0 Å². The Morgan fingerprint density at radius 2 is 2.05 bits per heavy atom. The zero-order chi connectivity index (χ0) is 15.1. The molecular formula is C18H27NO2. The van der Waals surface area contributed by atoms with Crippen LogP contribution in [0.2, 0.25) is 0 Å². The largest absolute Gasteiger partial charge is 0.466 e. The van der Waals surface area contributed by atoms with E-state index in [4.69, 9.17) is 4.74 Å². The van der Waals surface area contributed by atoms with E-state index in [9.17, 15) is 4.79 Å². The first-order valence-corrected chi connectivity index (χ1v) is 8.14. The lowest BCUT2D eigenvalue weighted by atomic mass is 10.1. The van der Waals surface area contributed by atoms with Crippen LogP contribution in [0.1, 0.15) is 45.1 Å². The Labute approximate surface area is 128 Å². The molecule has 21 heavy (non-hydrogen) atoms. The topological polar surface area (TPSA) is 29.5 Å². The maximum atomic E-state index is 11.5. The fourth-order valence-corrected chi connectivity index (χ4v) is 2.78. The summed E-state index contributed by atoms with van der Waals surface area (Å²) in [6.45, 7) is 6.59. The van der Waals surface area contributed by atoms with E-state index in [1.165, 1.54) is 18.4 Å². The van der Waals surface area contributed by atoms with Crippen LogP contribution in [0.25, 0.3) is 0 Å². The van der Waals surface area contributed by atoms with E-state index in [-0.39, 0.29) is 5.97 Å². The lowest BCUT2D eigenvalue weighted by Crippen LogP contribution is -2.35. The lowest BCUT2D eigenvalue weighted by molar-refractivity contribution is -0.143. The summed E-state index contributed by atoms with van der Waals surface area (Å²) < 4.78 is 5.00. The molecule has 0 aromatic heterocycles. The molecule has 3 nitrogen and oxygen atoms in total. The fourth-order valence-electron chi connectivity index (χ4n) is 2.78. The Balaban J connectivity index is 1.85. The van der Waals surface area contributed by atoms with Crippen molar-refractivity contribution in [3.8, 4) is 0 Å². The molecule has 0 bridgehead atoms. The van der Waals surface area contributed by atoms with Crippen molar-refractivity contribution >= 4 is 5.97 Å². The number of hydrogen-bond donors (Lipinski definition) is 0. The van der Waals surface area contributed by atoms with Gasteiger partial charge in [-0.05, 0) is 51.1 Å². The maximum Gasteiger partial charge on any atom is 0.305 e. The number of nitrogens with zero attached hydrogens (tertiary/aromatic N) is 1. The predicted octanol–water partition coefficient (Wildman–Crippen LogP) is 3.63. The zero-order valence-corrected chi connectivity index (χ0v) is 13.3. The summed E-state index contributed by atoms with van der Waals surface area (Å²) in [4.78, 5) is 14.0. The Morgan fingerprint density at radius 1 is 1.33 bits per heavy atom. The second-order valence-electron chi connectivity index (χ2n) is 5.94. The standard InChI is InChI=1S/C18H27NO2/c1-3-21-18(20)10-7-13-19(15(2)17-11-12-17)14-16-8-5-4-6-9-16/h4-6,8-9,15,17H,3,7,10-14H2,1-2H3. The number of carbonyl (C=O) groups is 1. The first-order chi connectivity index (χ1) is 10.2. The molecule has 1 fully saturated rings. The zero-order valence-electron chi connectivity index (χ0n) is 13.3. The van der Waals surface area contributed by atoms with Crippen molar-refractivity contribution in [3.05, 3.63) is 35.9 Å². The van der Waals surface area contributed by atoms with Gasteiger partial charge in [-0.2, -0.15) is 0 Å². The quantitative estimate of drug-likeness (QED) is 0.650. The smallest absolute Gasteiger partial charge is 0.305 e. The Bertz CT molecular complexity index is 428. The minimum atomic E-state index is -0.0729. The second-order valence-corrected chi connectivity index (χ2v) is 5.94. The number of carbonyl (C=O) groups excluding carboxylic acids is 1. The van der Waals surface area contributed by atoms with E-state index in [1.807, 2.05) is 6.92 Å². The second kappa shape index (κ2) is 8.18. The molecule has 0 heterocycles. The number of hydrogen-bond acceptors (Lipinski definition) is 3. The summed E-state index contributed by atoms with van der Waals surface area (Å²) in [6.07, 6.45) is 4.11. The van der Waals surface area contributed by atoms with Crippen LogP contribution in [-0.2, 0) is 16.1 Å². The third kappa shape index (κ3) is 5.50. The van der Waals surface area contributed by atoms with Gasteiger partial charge in [0.1, 0.15) is 0 Å². The number of esters is 1. The minimum absolute atomic E-state index is 0.0729. The predicted molar refractivity (Wildman–Crippen MR) is 84.9 cm³/mol. The molecule has 1 unspecified atom stereocenters. The maximum absolute atomic E-state index is 11.5. The van der Waals surface area contributed by atoms with Gasteiger partial charge in [0, 0.05) is 19.0 Å². The molecule has 1 aliphatic carbocycles. The van der Waals surface area contributed by atoms with Gasteiger partial charge in [0.05, 0.1) is 6.61 Å². The molecular weight excluding hydrogens is 262 g/mol. The van der Waals surface area contributed by atoms with Gasteiger partial charge in [0.25, 0.3) is 0 Å². The van der Waals surface area contributed by atoms with Crippen molar-refractivity contribution in [2.75, 3.05) is 13.2 Å². The van der Waals surface area contributed by atoms with Crippen LogP contribution in [-0.4, -0.2) is 30.1 Å². The number of rotatable bonds is 9. The first-order valence-electron chi connectivity index (χ1n) is 8.14. The highest BCUT2D eigenvalue weighted by Gasteiger charge is 2.31.